The average molecular weight is 374 g/mol. The third-order valence-electron chi connectivity index (χ3n) is 3.81. The van der Waals surface area contributed by atoms with Crippen LogP contribution in [0.3, 0.4) is 0 Å². The highest BCUT2D eigenvalue weighted by atomic mass is 16.6. The van der Waals surface area contributed by atoms with Crippen molar-refractivity contribution in [3.05, 3.63) is 40.6 Å². The second-order valence-electron chi connectivity index (χ2n) is 8.17. The lowest BCUT2D eigenvalue weighted by molar-refractivity contribution is -0.384. The largest absolute Gasteiger partial charge is 0.444 e. The van der Waals surface area contributed by atoms with Gasteiger partial charge in [-0.1, -0.05) is 32.0 Å². The summed E-state index contributed by atoms with van der Waals surface area (Å²) in [6.45, 7) is 10.1. The average Bonchev–Trinajstić information content (AvgIpc) is 2.56. The molecule has 0 aliphatic heterocycles. The second kappa shape index (κ2) is 7.77. The van der Waals surface area contributed by atoms with E-state index in [2.05, 4.69) is 15.6 Å². The number of fused-ring (bicyclic) bond motifs is 1. The molecule has 0 atom stereocenters. The summed E-state index contributed by atoms with van der Waals surface area (Å²) in [5.74, 6) is 0. The quantitative estimate of drug-likeness (QED) is 0.582. The van der Waals surface area contributed by atoms with Crippen molar-refractivity contribution in [3.63, 3.8) is 0 Å². The molecule has 8 nitrogen and oxygen atoms in total. The van der Waals surface area contributed by atoms with Crippen LogP contribution in [-0.4, -0.2) is 34.7 Å². The minimum Gasteiger partial charge on any atom is -0.444 e. The fraction of sp³-hybridized carbons (Fsp3) is 0.474. The number of amides is 1. The molecule has 8 heteroatoms. The molecule has 0 saturated heterocycles. The lowest BCUT2D eigenvalue weighted by atomic mass is 9.93. The van der Waals surface area contributed by atoms with Gasteiger partial charge in [-0.15, -0.1) is 0 Å². The van der Waals surface area contributed by atoms with Gasteiger partial charge in [0.05, 0.1) is 10.4 Å². The van der Waals surface area contributed by atoms with Gasteiger partial charge in [-0.3, -0.25) is 10.1 Å². The number of nitrogens with one attached hydrogen (secondary N) is 2. The summed E-state index contributed by atoms with van der Waals surface area (Å²) in [5, 5.41) is 18.0. The molecular weight excluding hydrogens is 348 g/mol. The molecule has 0 fully saturated rings. The molecule has 0 saturated carbocycles. The normalized spacial score (nSPS) is 11.9. The maximum atomic E-state index is 11.8. The van der Waals surface area contributed by atoms with E-state index in [-0.39, 0.29) is 11.1 Å². The summed E-state index contributed by atoms with van der Waals surface area (Å²) >= 11 is 0. The maximum Gasteiger partial charge on any atom is 0.407 e. The highest BCUT2D eigenvalue weighted by Gasteiger charge is 2.24. The van der Waals surface area contributed by atoms with Gasteiger partial charge in [-0.2, -0.15) is 0 Å². The monoisotopic (exact) mass is 374 g/mol. The summed E-state index contributed by atoms with van der Waals surface area (Å²) in [5.41, 5.74) is 0.0916. The van der Waals surface area contributed by atoms with E-state index in [1.807, 2.05) is 26.0 Å². The molecule has 2 aromatic rings. The van der Waals surface area contributed by atoms with Crippen LogP contribution >= 0.6 is 0 Å². The van der Waals surface area contributed by atoms with Crippen LogP contribution < -0.4 is 10.6 Å². The van der Waals surface area contributed by atoms with Crippen molar-refractivity contribution in [2.45, 2.75) is 40.2 Å². The van der Waals surface area contributed by atoms with Crippen LogP contribution in [0.25, 0.3) is 10.9 Å². The fourth-order valence-electron chi connectivity index (χ4n) is 2.47. The number of nitro groups is 1. The van der Waals surface area contributed by atoms with Gasteiger partial charge in [0.2, 0.25) is 0 Å². The molecule has 0 aliphatic rings. The molecule has 27 heavy (non-hydrogen) atoms. The topological polar surface area (TPSA) is 106 Å². The third-order valence-corrected chi connectivity index (χ3v) is 3.81. The number of rotatable bonds is 6. The molecule has 0 aliphatic carbocycles. The van der Waals surface area contributed by atoms with Gasteiger partial charge >= 0.3 is 11.8 Å². The Morgan fingerprint density at radius 2 is 1.85 bits per heavy atom. The van der Waals surface area contributed by atoms with Gasteiger partial charge in [0, 0.05) is 18.5 Å². The number of hydrogen-bond acceptors (Lipinski definition) is 6. The second-order valence-corrected chi connectivity index (χ2v) is 8.17. The van der Waals surface area contributed by atoms with Crippen LogP contribution in [0.2, 0.25) is 0 Å². The van der Waals surface area contributed by atoms with Crippen LogP contribution in [-0.2, 0) is 4.74 Å². The highest BCUT2D eigenvalue weighted by Crippen LogP contribution is 2.32. The summed E-state index contributed by atoms with van der Waals surface area (Å²) < 4.78 is 5.24. The molecule has 146 valence electrons. The first-order chi connectivity index (χ1) is 12.5. The SMILES string of the molecule is CC(C)(CNC(=O)OC(C)(C)C)CNc1c([N+](=O)[O-])cnc2ccccc12. The van der Waals surface area contributed by atoms with Gasteiger partial charge in [0.25, 0.3) is 0 Å². The molecule has 1 aromatic heterocycles. The summed E-state index contributed by atoms with van der Waals surface area (Å²) in [6, 6.07) is 7.25. The number of alkyl carbamates (subject to hydrolysis) is 1. The van der Waals surface area contributed by atoms with E-state index in [1.165, 1.54) is 6.20 Å². The number of pyridine rings is 1. The number of hydrogen-bond donors (Lipinski definition) is 2. The van der Waals surface area contributed by atoms with Crippen LogP contribution in [0.15, 0.2) is 30.5 Å². The maximum absolute atomic E-state index is 11.8. The van der Waals surface area contributed by atoms with Crippen molar-refractivity contribution in [2.24, 2.45) is 5.41 Å². The minimum absolute atomic E-state index is 0.0791. The fourth-order valence-corrected chi connectivity index (χ4v) is 2.47. The smallest absolute Gasteiger partial charge is 0.407 e. The van der Waals surface area contributed by atoms with E-state index in [4.69, 9.17) is 4.74 Å². The Labute approximate surface area is 158 Å². The molecule has 0 radical (unpaired) electrons. The first kappa shape index (κ1) is 20.4. The zero-order valence-electron chi connectivity index (χ0n) is 16.3. The van der Waals surface area contributed by atoms with Crippen molar-refractivity contribution >= 4 is 28.4 Å². The molecule has 0 bridgehead atoms. The number of benzene rings is 1. The molecular formula is C19H26N4O4. The van der Waals surface area contributed by atoms with Crippen molar-refractivity contribution in [1.82, 2.24) is 10.3 Å². The van der Waals surface area contributed by atoms with Gasteiger partial charge in [0.15, 0.2) is 0 Å². The van der Waals surface area contributed by atoms with E-state index in [0.29, 0.717) is 29.7 Å². The Bertz CT molecular complexity index is 843. The molecule has 1 aromatic carbocycles. The Kier molecular flexibility index (Phi) is 5.88. The number of carbonyl (C=O) groups excluding carboxylic acids is 1. The van der Waals surface area contributed by atoms with Gasteiger partial charge in [-0.05, 0) is 32.3 Å². The number of anilines is 1. The lowest BCUT2D eigenvalue weighted by Gasteiger charge is -2.27. The number of ether oxygens (including phenoxy) is 1. The standard InChI is InChI=1S/C19H26N4O4/c1-18(2,3)27-17(24)22-12-19(4,5)11-21-16-13-8-6-7-9-14(13)20-10-15(16)23(25)26/h6-10H,11-12H2,1-5H3,(H,20,21)(H,22,24). The van der Waals surface area contributed by atoms with Crippen LogP contribution in [0, 0.1) is 15.5 Å². The third kappa shape index (κ3) is 5.80. The first-order valence-corrected chi connectivity index (χ1v) is 8.71. The van der Waals surface area contributed by atoms with Crippen molar-refractivity contribution in [1.29, 1.82) is 0 Å². The molecule has 1 heterocycles. The number of aromatic nitrogens is 1. The van der Waals surface area contributed by atoms with Crippen molar-refractivity contribution in [2.75, 3.05) is 18.4 Å². The lowest BCUT2D eigenvalue weighted by Crippen LogP contribution is -2.40. The van der Waals surface area contributed by atoms with Crippen LogP contribution in [0.4, 0.5) is 16.2 Å². The highest BCUT2D eigenvalue weighted by molar-refractivity contribution is 5.95. The Morgan fingerprint density at radius 3 is 2.48 bits per heavy atom. The number of nitrogens with zero attached hydrogens (tertiary/aromatic N) is 2. The van der Waals surface area contributed by atoms with Crippen molar-refractivity contribution < 1.29 is 14.5 Å². The van der Waals surface area contributed by atoms with E-state index in [9.17, 15) is 14.9 Å². The van der Waals surface area contributed by atoms with Gasteiger partial charge in [-0.25, -0.2) is 9.78 Å². The van der Waals surface area contributed by atoms with E-state index in [0.717, 1.165) is 0 Å². The van der Waals surface area contributed by atoms with Crippen LogP contribution in [0.5, 0.6) is 0 Å². The summed E-state index contributed by atoms with van der Waals surface area (Å²) in [7, 11) is 0. The molecule has 0 unspecified atom stereocenters. The predicted octanol–water partition coefficient (Wildman–Crippen LogP) is 4.11. The zero-order valence-corrected chi connectivity index (χ0v) is 16.3. The van der Waals surface area contributed by atoms with Crippen LogP contribution in [0.1, 0.15) is 34.6 Å². The van der Waals surface area contributed by atoms with Gasteiger partial charge < -0.3 is 15.4 Å². The predicted molar refractivity (Wildman–Crippen MR) is 105 cm³/mol. The first-order valence-electron chi connectivity index (χ1n) is 8.71. The number of para-hydroxylation sites is 1. The van der Waals surface area contributed by atoms with Crippen molar-refractivity contribution in [3.8, 4) is 0 Å². The Balaban J connectivity index is 2.12. The number of carbonyl (C=O) groups is 1. The summed E-state index contributed by atoms with van der Waals surface area (Å²) in [6.07, 6.45) is 0.771. The molecule has 2 N–H and O–H groups in total. The van der Waals surface area contributed by atoms with E-state index < -0.39 is 16.6 Å². The molecule has 1 amide bonds. The van der Waals surface area contributed by atoms with E-state index in [1.54, 1.807) is 32.9 Å². The molecule has 0 spiro atoms. The minimum atomic E-state index is -0.566. The Morgan fingerprint density at radius 1 is 1.19 bits per heavy atom. The zero-order chi connectivity index (χ0) is 20.2. The van der Waals surface area contributed by atoms with E-state index >= 15 is 0 Å². The van der Waals surface area contributed by atoms with Gasteiger partial charge in [0.1, 0.15) is 17.5 Å². The Hall–Kier alpha value is -2.90. The molecule has 2 rings (SSSR count). The summed E-state index contributed by atoms with van der Waals surface area (Å²) in [4.78, 5) is 26.9.